The van der Waals surface area contributed by atoms with Gasteiger partial charge in [0.25, 0.3) is 0 Å². The van der Waals surface area contributed by atoms with Gasteiger partial charge in [-0.15, -0.1) is 0 Å². The molecule has 94 valence electrons. The Balaban J connectivity index is 2.18. The fourth-order valence-electron chi connectivity index (χ4n) is 2.63. The highest BCUT2D eigenvalue weighted by Gasteiger charge is 2.23. The van der Waals surface area contributed by atoms with E-state index in [2.05, 4.69) is 18.7 Å². The number of halogens is 1. The molecule has 1 N–H and O–H groups in total. The maximum absolute atomic E-state index is 9.92. The number of rotatable bonds is 2. The molecular weight excluding hydrogens is 234 g/mol. The van der Waals surface area contributed by atoms with Crippen LogP contribution in [-0.4, -0.2) is 23.1 Å². The topological polar surface area (TPSA) is 23.5 Å². The first-order valence-corrected chi connectivity index (χ1v) is 6.68. The molecule has 2 unspecified atom stereocenters. The fourth-order valence-corrected chi connectivity index (χ4v) is 2.81. The summed E-state index contributed by atoms with van der Waals surface area (Å²) >= 11 is 6.00. The van der Waals surface area contributed by atoms with Crippen molar-refractivity contribution in [1.82, 2.24) is 4.90 Å². The highest BCUT2D eigenvalue weighted by Crippen LogP contribution is 2.33. The van der Waals surface area contributed by atoms with Gasteiger partial charge >= 0.3 is 0 Å². The molecule has 1 aromatic rings. The molecule has 1 fully saturated rings. The van der Waals surface area contributed by atoms with Crippen molar-refractivity contribution in [3.63, 3.8) is 0 Å². The van der Waals surface area contributed by atoms with Gasteiger partial charge in [0.15, 0.2) is 0 Å². The van der Waals surface area contributed by atoms with E-state index in [1.54, 1.807) is 12.1 Å². The molecule has 0 amide bonds. The first-order valence-electron chi connectivity index (χ1n) is 6.30. The molecule has 3 heteroatoms. The van der Waals surface area contributed by atoms with E-state index in [0.29, 0.717) is 10.8 Å². The summed E-state index contributed by atoms with van der Waals surface area (Å²) in [4.78, 5) is 2.43. The number of piperidine rings is 1. The van der Waals surface area contributed by atoms with E-state index in [1.807, 2.05) is 6.07 Å². The Morgan fingerprint density at radius 1 is 1.47 bits per heavy atom. The van der Waals surface area contributed by atoms with Gasteiger partial charge in [-0.3, -0.25) is 4.90 Å². The van der Waals surface area contributed by atoms with Gasteiger partial charge < -0.3 is 5.11 Å². The minimum atomic E-state index is 0.233. The number of aromatic hydroxyl groups is 1. The van der Waals surface area contributed by atoms with Crippen molar-refractivity contribution in [1.29, 1.82) is 0 Å². The second-order valence-electron chi connectivity index (χ2n) is 5.12. The molecular formula is C14H20ClNO. The average molecular weight is 254 g/mol. The van der Waals surface area contributed by atoms with Gasteiger partial charge in [0.1, 0.15) is 5.75 Å². The molecule has 0 spiro atoms. The van der Waals surface area contributed by atoms with Gasteiger partial charge in [0, 0.05) is 23.2 Å². The quantitative estimate of drug-likeness (QED) is 0.866. The summed E-state index contributed by atoms with van der Waals surface area (Å²) in [6.45, 7) is 6.64. The third-order valence-electron chi connectivity index (χ3n) is 3.68. The molecule has 1 aliphatic rings. The van der Waals surface area contributed by atoms with Crippen LogP contribution in [0.2, 0.25) is 5.02 Å². The molecule has 0 radical (unpaired) electrons. The number of phenols is 1. The van der Waals surface area contributed by atoms with Crippen LogP contribution < -0.4 is 0 Å². The lowest BCUT2D eigenvalue weighted by molar-refractivity contribution is 0.137. The highest BCUT2D eigenvalue weighted by molar-refractivity contribution is 6.30. The molecule has 0 saturated carbocycles. The Kier molecular flexibility index (Phi) is 3.95. The van der Waals surface area contributed by atoms with Crippen molar-refractivity contribution in [2.75, 3.05) is 13.1 Å². The second-order valence-corrected chi connectivity index (χ2v) is 5.56. The third-order valence-corrected chi connectivity index (χ3v) is 3.91. The van der Waals surface area contributed by atoms with Crippen LogP contribution in [0.15, 0.2) is 18.2 Å². The van der Waals surface area contributed by atoms with Crippen LogP contribution >= 0.6 is 11.6 Å². The number of hydrogen-bond acceptors (Lipinski definition) is 2. The van der Waals surface area contributed by atoms with E-state index in [-0.39, 0.29) is 6.04 Å². The Hall–Kier alpha value is -0.730. The molecule has 1 saturated heterocycles. The van der Waals surface area contributed by atoms with Gasteiger partial charge in [-0.2, -0.15) is 0 Å². The molecule has 0 aliphatic carbocycles. The number of likely N-dealkylation sites (tertiary alicyclic amines) is 1. The average Bonchev–Trinajstić information content (AvgIpc) is 2.31. The number of benzene rings is 1. The largest absolute Gasteiger partial charge is 0.508 e. The van der Waals surface area contributed by atoms with E-state index >= 15 is 0 Å². The van der Waals surface area contributed by atoms with Crippen molar-refractivity contribution in [2.24, 2.45) is 5.92 Å². The summed E-state index contributed by atoms with van der Waals surface area (Å²) in [6, 6.07) is 5.52. The smallest absolute Gasteiger partial charge is 0.120 e. The Morgan fingerprint density at radius 3 is 2.94 bits per heavy atom. The van der Waals surface area contributed by atoms with E-state index < -0.39 is 0 Å². The molecule has 2 nitrogen and oxygen atoms in total. The zero-order chi connectivity index (χ0) is 12.4. The van der Waals surface area contributed by atoms with Crippen molar-refractivity contribution >= 4 is 11.6 Å². The third kappa shape index (κ3) is 2.93. The predicted molar refractivity (Wildman–Crippen MR) is 71.5 cm³/mol. The van der Waals surface area contributed by atoms with Gasteiger partial charge in [0.2, 0.25) is 0 Å². The van der Waals surface area contributed by atoms with Crippen LogP contribution in [0.25, 0.3) is 0 Å². The van der Waals surface area contributed by atoms with E-state index in [0.717, 1.165) is 24.6 Å². The second kappa shape index (κ2) is 5.28. The summed E-state index contributed by atoms with van der Waals surface area (Å²) in [5, 5.41) is 10.6. The summed E-state index contributed by atoms with van der Waals surface area (Å²) < 4.78 is 0. The van der Waals surface area contributed by atoms with Crippen molar-refractivity contribution in [2.45, 2.75) is 32.7 Å². The summed E-state index contributed by atoms with van der Waals surface area (Å²) in [5.41, 5.74) is 0.937. The lowest BCUT2D eigenvalue weighted by Crippen LogP contribution is -2.36. The molecule has 17 heavy (non-hydrogen) atoms. The molecule has 2 rings (SSSR count). The predicted octanol–water partition coefficient (Wildman–Crippen LogP) is 3.84. The molecule has 0 bridgehead atoms. The first-order chi connectivity index (χ1) is 8.08. The molecule has 0 aromatic heterocycles. The van der Waals surface area contributed by atoms with E-state index in [9.17, 15) is 5.11 Å². The van der Waals surface area contributed by atoms with Crippen molar-refractivity contribution < 1.29 is 5.11 Å². The normalized spacial score (nSPS) is 23.6. The Labute approximate surface area is 108 Å². The number of phenolic OH excluding ortho intramolecular Hbond substituents is 1. The number of hydrogen-bond donors (Lipinski definition) is 1. The monoisotopic (exact) mass is 253 g/mol. The molecule has 1 aromatic carbocycles. The minimum Gasteiger partial charge on any atom is -0.508 e. The summed E-state index contributed by atoms with van der Waals surface area (Å²) in [5.74, 6) is 1.09. The highest BCUT2D eigenvalue weighted by atomic mass is 35.5. The number of nitrogens with zero attached hydrogens (tertiary/aromatic N) is 1. The zero-order valence-electron chi connectivity index (χ0n) is 10.5. The Morgan fingerprint density at radius 2 is 2.24 bits per heavy atom. The van der Waals surface area contributed by atoms with E-state index in [4.69, 9.17) is 11.6 Å². The van der Waals surface area contributed by atoms with Gasteiger partial charge in [-0.1, -0.05) is 18.5 Å². The van der Waals surface area contributed by atoms with Crippen LogP contribution in [0.4, 0.5) is 0 Å². The maximum atomic E-state index is 9.92. The summed E-state index contributed by atoms with van der Waals surface area (Å²) in [6.07, 6.45) is 2.55. The van der Waals surface area contributed by atoms with Crippen molar-refractivity contribution in [3.05, 3.63) is 28.8 Å². The van der Waals surface area contributed by atoms with Gasteiger partial charge in [-0.25, -0.2) is 0 Å². The standard InChI is InChI=1S/C14H20ClNO/c1-10-4-3-7-16(9-10)11(2)13-8-12(15)5-6-14(13)17/h5-6,8,10-11,17H,3-4,7,9H2,1-2H3. The van der Waals surface area contributed by atoms with Gasteiger partial charge in [-0.05, 0) is 50.4 Å². The van der Waals surface area contributed by atoms with Crippen LogP contribution in [0.3, 0.4) is 0 Å². The van der Waals surface area contributed by atoms with Crippen LogP contribution in [0.5, 0.6) is 5.75 Å². The van der Waals surface area contributed by atoms with Crippen molar-refractivity contribution in [3.8, 4) is 5.75 Å². The summed E-state index contributed by atoms with van der Waals surface area (Å²) in [7, 11) is 0. The lowest BCUT2D eigenvalue weighted by atomic mass is 9.96. The SMILES string of the molecule is CC1CCCN(C(C)c2cc(Cl)ccc2O)C1. The van der Waals surface area contributed by atoms with E-state index in [1.165, 1.54) is 12.8 Å². The van der Waals surface area contributed by atoms with Crippen LogP contribution in [0, 0.1) is 5.92 Å². The molecule has 2 atom stereocenters. The van der Waals surface area contributed by atoms with Crippen LogP contribution in [0.1, 0.15) is 38.3 Å². The minimum absolute atomic E-state index is 0.233. The fraction of sp³-hybridized carbons (Fsp3) is 0.571. The maximum Gasteiger partial charge on any atom is 0.120 e. The zero-order valence-corrected chi connectivity index (χ0v) is 11.2. The first kappa shape index (κ1) is 12.7. The van der Waals surface area contributed by atoms with Gasteiger partial charge in [0.05, 0.1) is 0 Å². The lowest BCUT2D eigenvalue weighted by Gasteiger charge is -2.36. The molecule has 1 heterocycles. The van der Waals surface area contributed by atoms with Crippen LogP contribution in [-0.2, 0) is 0 Å². The molecule has 1 aliphatic heterocycles. The Bertz CT molecular complexity index is 394.